The number of carbonyl (C=O) groups is 1. The van der Waals surface area contributed by atoms with Gasteiger partial charge in [-0.15, -0.1) is 0 Å². The molecule has 0 saturated heterocycles. The predicted octanol–water partition coefficient (Wildman–Crippen LogP) is 5.63. The Labute approximate surface area is 165 Å². The SMILES string of the molecule is CCCCOc1ccc(/C=C/C(=O)c2ccc3ccccc3c2O)cc1OC. The molecule has 3 aromatic carbocycles. The molecule has 0 aliphatic carbocycles. The molecule has 0 unspecified atom stereocenters. The molecule has 0 radical (unpaired) electrons. The molecule has 3 rings (SSSR count). The summed E-state index contributed by atoms with van der Waals surface area (Å²) in [5, 5.41) is 12.0. The molecule has 0 aliphatic heterocycles. The normalized spacial score (nSPS) is 11.1. The third kappa shape index (κ3) is 4.34. The van der Waals surface area contributed by atoms with E-state index in [0.717, 1.165) is 23.8 Å². The van der Waals surface area contributed by atoms with Gasteiger partial charge in [0.2, 0.25) is 0 Å². The fraction of sp³-hybridized carbons (Fsp3) is 0.208. The molecule has 4 heteroatoms. The topological polar surface area (TPSA) is 55.8 Å². The van der Waals surface area contributed by atoms with Crippen LogP contribution in [0.15, 0.2) is 60.7 Å². The zero-order valence-electron chi connectivity index (χ0n) is 16.1. The number of allylic oxidation sites excluding steroid dienone is 1. The van der Waals surface area contributed by atoms with E-state index < -0.39 is 0 Å². The van der Waals surface area contributed by atoms with Crippen LogP contribution in [-0.2, 0) is 0 Å². The summed E-state index contributed by atoms with van der Waals surface area (Å²) in [6.45, 7) is 2.75. The quantitative estimate of drug-likeness (QED) is 0.314. The molecule has 0 spiro atoms. The van der Waals surface area contributed by atoms with E-state index >= 15 is 0 Å². The fourth-order valence-electron chi connectivity index (χ4n) is 2.95. The maximum Gasteiger partial charge on any atom is 0.189 e. The summed E-state index contributed by atoms with van der Waals surface area (Å²) in [6, 6.07) is 16.4. The Balaban J connectivity index is 1.79. The minimum absolute atomic E-state index is 0.00463. The zero-order valence-corrected chi connectivity index (χ0v) is 16.1. The Morgan fingerprint density at radius 2 is 1.89 bits per heavy atom. The minimum Gasteiger partial charge on any atom is -0.507 e. The molecule has 4 nitrogen and oxygen atoms in total. The zero-order chi connectivity index (χ0) is 19.9. The van der Waals surface area contributed by atoms with Crippen molar-refractivity contribution in [3.8, 4) is 17.2 Å². The number of benzene rings is 3. The first-order valence-corrected chi connectivity index (χ1v) is 9.38. The average molecular weight is 376 g/mol. The smallest absolute Gasteiger partial charge is 0.189 e. The van der Waals surface area contributed by atoms with Gasteiger partial charge in [-0.3, -0.25) is 4.79 Å². The van der Waals surface area contributed by atoms with E-state index in [0.29, 0.717) is 23.5 Å². The van der Waals surface area contributed by atoms with Crippen molar-refractivity contribution in [1.82, 2.24) is 0 Å². The molecule has 0 bridgehead atoms. The maximum absolute atomic E-state index is 12.6. The lowest BCUT2D eigenvalue weighted by Gasteiger charge is -2.11. The Kier molecular flexibility index (Phi) is 6.33. The second kappa shape index (κ2) is 9.09. The van der Waals surface area contributed by atoms with Gasteiger partial charge in [0.15, 0.2) is 17.3 Å². The van der Waals surface area contributed by atoms with E-state index in [1.807, 2.05) is 42.5 Å². The first-order valence-electron chi connectivity index (χ1n) is 9.38. The highest BCUT2D eigenvalue weighted by Gasteiger charge is 2.11. The summed E-state index contributed by atoms with van der Waals surface area (Å²) >= 11 is 0. The average Bonchev–Trinajstić information content (AvgIpc) is 2.73. The largest absolute Gasteiger partial charge is 0.507 e. The van der Waals surface area contributed by atoms with E-state index in [1.54, 1.807) is 25.3 Å². The number of ether oxygens (including phenoxy) is 2. The van der Waals surface area contributed by atoms with Crippen molar-refractivity contribution >= 4 is 22.6 Å². The number of methoxy groups -OCH3 is 1. The van der Waals surface area contributed by atoms with Crippen LogP contribution in [0.3, 0.4) is 0 Å². The van der Waals surface area contributed by atoms with Gasteiger partial charge in [0.05, 0.1) is 19.3 Å². The molecule has 0 saturated carbocycles. The van der Waals surface area contributed by atoms with Gasteiger partial charge in [-0.1, -0.05) is 55.8 Å². The lowest BCUT2D eigenvalue weighted by Crippen LogP contribution is -1.99. The van der Waals surface area contributed by atoms with Crippen LogP contribution in [0.25, 0.3) is 16.8 Å². The van der Waals surface area contributed by atoms with Gasteiger partial charge >= 0.3 is 0 Å². The number of ketones is 1. The Hall–Kier alpha value is -3.27. The lowest BCUT2D eigenvalue weighted by molar-refractivity contribution is 0.104. The van der Waals surface area contributed by atoms with Crippen molar-refractivity contribution in [2.45, 2.75) is 19.8 Å². The van der Waals surface area contributed by atoms with Gasteiger partial charge in [-0.05, 0) is 41.6 Å². The van der Waals surface area contributed by atoms with Crippen LogP contribution in [-0.4, -0.2) is 24.6 Å². The Morgan fingerprint density at radius 3 is 2.68 bits per heavy atom. The Bertz CT molecular complexity index is 1000. The minimum atomic E-state index is -0.259. The van der Waals surface area contributed by atoms with Crippen molar-refractivity contribution in [2.75, 3.05) is 13.7 Å². The van der Waals surface area contributed by atoms with Crippen molar-refractivity contribution in [2.24, 2.45) is 0 Å². The van der Waals surface area contributed by atoms with E-state index in [-0.39, 0.29) is 17.1 Å². The monoisotopic (exact) mass is 376 g/mol. The van der Waals surface area contributed by atoms with Gasteiger partial charge in [0, 0.05) is 5.39 Å². The summed E-state index contributed by atoms with van der Waals surface area (Å²) in [6.07, 6.45) is 5.20. The number of unbranched alkanes of at least 4 members (excludes halogenated alkanes) is 1. The fourth-order valence-corrected chi connectivity index (χ4v) is 2.95. The van der Waals surface area contributed by atoms with Gasteiger partial charge in [-0.2, -0.15) is 0 Å². The van der Waals surface area contributed by atoms with E-state index in [4.69, 9.17) is 9.47 Å². The third-order valence-corrected chi connectivity index (χ3v) is 4.54. The highest BCUT2D eigenvalue weighted by atomic mass is 16.5. The maximum atomic E-state index is 12.6. The predicted molar refractivity (Wildman–Crippen MR) is 112 cm³/mol. The first kappa shape index (κ1) is 19.5. The molecule has 1 N–H and O–H groups in total. The Morgan fingerprint density at radius 1 is 1.07 bits per heavy atom. The van der Waals surface area contributed by atoms with E-state index in [9.17, 15) is 9.90 Å². The molecule has 0 aromatic heterocycles. The first-order chi connectivity index (χ1) is 13.6. The van der Waals surface area contributed by atoms with Crippen LogP contribution >= 0.6 is 0 Å². The highest BCUT2D eigenvalue weighted by molar-refractivity contribution is 6.11. The van der Waals surface area contributed by atoms with Crippen molar-refractivity contribution < 1.29 is 19.4 Å². The number of phenolic OH excluding ortho intramolecular Hbond substituents is 1. The van der Waals surface area contributed by atoms with Crippen molar-refractivity contribution in [3.05, 3.63) is 71.8 Å². The number of phenols is 1. The van der Waals surface area contributed by atoms with Crippen LogP contribution in [0.4, 0.5) is 0 Å². The molecule has 0 heterocycles. The van der Waals surface area contributed by atoms with Gasteiger partial charge < -0.3 is 14.6 Å². The van der Waals surface area contributed by atoms with E-state index in [1.165, 1.54) is 6.08 Å². The number of fused-ring (bicyclic) bond motifs is 1. The summed E-state index contributed by atoms with van der Waals surface area (Å²) in [5.41, 5.74) is 1.09. The van der Waals surface area contributed by atoms with Crippen LogP contribution in [0, 0.1) is 0 Å². The standard InChI is InChI=1S/C24H24O4/c1-3-4-15-28-22-14-10-17(16-23(22)27-2)9-13-21(25)20-12-11-18-7-5-6-8-19(18)24(20)26/h5-14,16,26H,3-4,15H2,1-2H3/b13-9+. The number of hydrogen-bond acceptors (Lipinski definition) is 4. The summed E-state index contributed by atoms with van der Waals surface area (Å²) in [5.74, 6) is 1.06. The number of aromatic hydroxyl groups is 1. The summed E-state index contributed by atoms with van der Waals surface area (Å²) < 4.78 is 11.1. The molecule has 0 fully saturated rings. The van der Waals surface area contributed by atoms with Crippen molar-refractivity contribution in [3.63, 3.8) is 0 Å². The number of hydrogen-bond donors (Lipinski definition) is 1. The summed E-state index contributed by atoms with van der Waals surface area (Å²) in [4.78, 5) is 12.6. The molecular formula is C24H24O4. The van der Waals surface area contributed by atoms with Gasteiger partial charge in [-0.25, -0.2) is 0 Å². The molecule has 28 heavy (non-hydrogen) atoms. The molecule has 3 aromatic rings. The molecule has 0 amide bonds. The molecular weight excluding hydrogens is 352 g/mol. The van der Waals surface area contributed by atoms with Crippen LogP contribution in [0.2, 0.25) is 0 Å². The second-order valence-corrected chi connectivity index (χ2v) is 6.49. The van der Waals surface area contributed by atoms with E-state index in [2.05, 4.69) is 6.92 Å². The van der Waals surface area contributed by atoms with Crippen LogP contribution in [0.5, 0.6) is 17.2 Å². The van der Waals surface area contributed by atoms with Crippen LogP contribution in [0.1, 0.15) is 35.7 Å². The molecule has 144 valence electrons. The van der Waals surface area contributed by atoms with Crippen molar-refractivity contribution in [1.29, 1.82) is 0 Å². The molecule has 0 atom stereocenters. The van der Waals surface area contributed by atoms with Crippen LogP contribution < -0.4 is 9.47 Å². The highest BCUT2D eigenvalue weighted by Crippen LogP contribution is 2.30. The van der Waals surface area contributed by atoms with Gasteiger partial charge in [0.25, 0.3) is 0 Å². The second-order valence-electron chi connectivity index (χ2n) is 6.49. The van der Waals surface area contributed by atoms with Gasteiger partial charge in [0.1, 0.15) is 5.75 Å². The number of carbonyl (C=O) groups excluding carboxylic acids is 1. The molecule has 0 aliphatic rings. The third-order valence-electron chi connectivity index (χ3n) is 4.54. The lowest BCUT2D eigenvalue weighted by atomic mass is 10.0. The summed E-state index contributed by atoms with van der Waals surface area (Å²) in [7, 11) is 1.59. The number of rotatable bonds is 8.